The van der Waals surface area contributed by atoms with Gasteiger partial charge in [-0.3, -0.25) is 4.90 Å². The van der Waals surface area contributed by atoms with Crippen LogP contribution in [0.5, 0.6) is 0 Å². The molecule has 98 valence electrons. The van der Waals surface area contributed by atoms with E-state index in [1.165, 1.54) is 0 Å². The van der Waals surface area contributed by atoms with E-state index in [0.29, 0.717) is 24.7 Å². The van der Waals surface area contributed by atoms with Crippen molar-refractivity contribution in [3.05, 3.63) is 11.6 Å². The molecule has 0 radical (unpaired) electrons. The molecule has 5 nitrogen and oxygen atoms in total. The van der Waals surface area contributed by atoms with Crippen LogP contribution in [0, 0.1) is 0 Å². The zero-order valence-corrected chi connectivity index (χ0v) is 10.8. The minimum absolute atomic E-state index is 0.293. The van der Waals surface area contributed by atoms with Crippen molar-refractivity contribution in [2.24, 2.45) is 0 Å². The van der Waals surface area contributed by atoms with E-state index in [4.69, 9.17) is 5.11 Å². The lowest BCUT2D eigenvalue weighted by Gasteiger charge is -2.25. The lowest BCUT2D eigenvalue weighted by atomic mass is 10.2. The first-order valence-corrected chi connectivity index (χ1v) is 5.87. The van der Waals surface area contributed by atoms with Crippen molar-refractivity contribution >= 4 is 5.97 Å². The molecule has 2 atom stereocenters. The molecule has 2 N–H and O–H groups in total. The molecule has 5 heteroatoms. The molecule has 1 fully saturated rings. The van der Waals surface area contributed by atoms with E-state index in [1.54, 1.807) is 13.0 Å². The Balaban J connectivity index is 2.56. The lowest BCUT2D eigenvalue weighted by molar-refractivity contribution is -0.132. The van der Waals surface area contributed by atoms with Gasteiger partial charge in [0.1, 0.15) is 0 Å². The van der Waals surface area contributed by atoms with Gasteiger partial charge in [-0.15, -0.1) is 0 Å². The van der Waals surface area contributed by atoms with Crippen LogP contribution in [0.1, 0.15) is 13.3 Å². The first-order chi connectivity index (χ1) is 7.90. The van der Waals surface area contributed by atoms with Gasteiger partial charge in [0.2, 0.25) is 0 Å². The summed E-state index contributed by atoms with van der Waals surface area (Å²) in [5.41, 5.74) is 0.356. The molecular formula is C12H22N2O3. The van der Waals surface area contributed by atoms with Crippen LogP contribution < -0.4 is 0 Å². The number of rotatable bonds is 5. The normalized spacial score (nSPS) is 26.8. The van der Waals surface area contributed by atoms with Gasteiger partial charge in [0.15, 0.2) is 0 Å². The van der Waals surface area contributed by atoms with Crippen LogP contribution in [0.4, 0.5) is 0 Å². The maximum absolute atomic E-state index is 10.7. The Morgan fingerprint density at radius 2 is 2.18 bits per heavy atom. The van der Waals surface area contributed by atoms with Gasteiger partial charge in [-0.05, 0) is 27.4 Å². The van der Waals surface area contributed by atoms with E-state index in [2.05, 4.69) is 9.80 Å². The standard InChI is InChI=1S/C12H22N2O3/c1-9(12(16)17)4-5-14-8-11(15)6-10(14)7-13(2)3/h4,10-11,15H,5-8H2,1-3H3,(H,16,17). The molecule has 1 saturated heterocycles. The lowest BCUT2D eigenvalue weighted by Crippen LogP contribution is -2.37. The van der Waals surface area contributed by atoms with Gasteiger partial charge in [0.25, 0.3) is 0 Å². The second-order valence-electron chi connectivity index (χ2n) is 4.95. The van der Waals surface area contributed by atoms with Crippen LogP contribution in [0.25, 0.3) is 0 Å². The number of β-amino-alcohol motifs (C(OH)–C–C–N with tert-alkyl or cyclic N) is 1. The molecule has 0 amide bonds. The molecule has 0 saturated carbocycles. The topological polar surface area (TPSA) is 64.0 Å². The summed E-state index contributed by atoms with van der Waals surface area (Å²) in [6, 6.07) is 0.304. The smallest absolute Gasteiger partial charge is 0.330 e. The summed E-state index contributed by atoms with van der Waals surface area (Å²) in [4.78, 5) is 14.9. The molecule has 2 unspecified atom stereocenters. The molecule has 1 aliphatic heterocycles. The molecule has 1 rings (SSSR count). The Morgan fingerprint density at radius 3 is 2.71 bits per heavy atom. The van der Waals surface area contributed by atoms with Crippen LogP contribution in [0.15, 0.2) is 11.6 Å². The number of carboxylic acid groups (broad SMARTS) is 1. The highest BCUT2D eigenvalue weighted by atomic mass is 16.4. The largest absolute Gasteiger partial charge is 0.478 e. The van der Waals surface area contributed by atoms with Gasteiger partial charge >= 0.3 is 5.97 Å². The summed E-state index contributed by atoms with van der Waals surface area (Å²) in [6.45, 7) is 3.70. The zero-order valence-electron chi connectivity index (χ0n) is 10.8. The summed E-state index contributed by atoms with van der Waals surface area (Å²) in [5.74, 6) is -0.881. The minimum Gasteiger partial charge on any atom is -0.478 e. The molecule has 0 spiro atoms. The number of likely N-dealkylation sites (tertiary alicyclic amines) is 1. The third-order valence-corrected chi connectivity index (χ3v) is 3.05. The molecule has 0 aromatic rings. The monoisotopic (exact) mass is 242 g/mol. The predicted molar refractivity (Wildman–Crippen MR) is 65.9 cm³/mol. The zero-order chi connectivity index (χ0) is 13.0. The molecule has 1 aliphatic rings. The van der Waals surface area contributed by atoms with Gasteiger partial charge < -0.3 is 15.1 Å². The maximum Gasteiger partial charge on any atom is 0.330 e. The van der Waals surface area contributed by atoms with Gasteiger partial charge in [-0.2, -0.15) is 0 Å². The summed E-state index contributed by atoms with van der Waals surface area (Å²) < 4.78 is 0. The number of aliphatic carboxylic acids is 1. The van der Waals surface area contributed by atoms with E-state index in [-0.39, 0.29) is 6.10 Å². The fraction of sp³-hybridized carbons (Fsp3) is 0.750. The predicted octanol–water partition coefficient (Wildman–Crippen LogP) is 0.0141. The van der Waals surface area contributed by atoms with E-state index in [1.807, 2.05) is 14.1 Å². The molecule has 17 heavy (non-hydrogen) atoms. The number of carbonyl (C=O) groups is 1. The number of hydrogen-bond donors (Lipinski definition) is 2. The van der Waals surface area contributed by atoms with E-state index < -0.39 is 5.97 Å². The van der Waals surface area contributed by atoms with Crippen molar-refractivity contribution in [2.75, 3.05) is 33.7 Å². The number of likely N-dealkylation sites (N-methyl/N-ethyl adjacent to an activating group) is 1. The quantitative estimate of drug-likeness (QED) is 0.665. The Labute approximate surface area is 102 Å². The molecule has 0 aromatic carbocycles. The Kier molecular flexibility index (Phi) is 5.11. The molecule has 0 aliphatic carbocycles. The van der Waals surface area contributed by atoms with Crippen molar-refractivity contribution in [1.29, 1.82) is 0 Å². The summed E-state index contributed by atoms with van der Waals surface area (Å²) >= 11 is 0. The van der Waals surface area contributed by atoms with Gasteiger partial charge in [-0.25, -0.2) is 4.79 Å². The molecule has 0 aromatic heterocycles. The average Bonchev–Trinajstić information content (AvgIpc) is 2.54. The maximum atomic E-state index is 10.7. The highest BCUT2D eigenvalue weighted by Gasteiger charge is 2.30. The highest BCUT2D eigenvalue weighted by Crippen LogP contribution is 2.18. The number of aliphatic hydroxyl groups excluding tert-OH is 1. The number of hydrogen-bond acceptors (Lipinski definition) is 4. The van der Waals surface area contributed by atoms with Crippen molar-refractivity contribution in [1.82, 2.24) is 9.80 Å². The van der Waals surface area contributed by atoms with Crippen LogP contribution >= 0.6 is 0 Å². The van der Waals surface area contributed by atoms with E-state index in [0.717, 1.165) is 13.0 Å². The summed E-state index contributed by atoms with van der Waals surface area (Å²) in [7, 11) is 4.00. The second kappa shape index (κ2) is 6.14. The second-order valence-corrected chi connectivity index (χ2v) is 4.95. The highest BCUT2D eigenvalue weighted by molar-refractivity contribution is 5.85. The van der Waals surface area contributed by atoms with E-state index >= 15 is 0 Å². The van der Waals surface area contributed by atoms with Crippen LogP contribution in [-0.4, -0.2) is 71.9 Å². The molecule has 1 heterocycles. The average molecular weight is 242 g/mol. The third-order valence-electron chi connectivity index (χ3n) is 3.05. The van der Waals surface area contributed by atoms with Crippen LogP contribution in [-0.2, 0) is 4.79 Å². The van der Waals surface area contributed by atoms with Crippen molar-refractivity contribution < 1.29 is 15.0 Å². The molecule has 0 bridgehead atoms. The summed E-state index contributed by atoms with van der Waals surface area (Å²) in [6.07, 6.45) is 2.18. The summed E-state index contributed by atoms with van der Waals surface area (Å²) in [5, 5.41) is 18.4. The fourth-order valence-electron chi connectivity index (χ4n) is 2.13. The van der Waals surface area contributed by atoms with Crippen LogP contribution in [0.3, 0.4) is 0 Å². The SMILES string of the molecule is CC(=CCN1CC(O)CC1CN(C)C)C(=O)O. The number of carboxylic acids is 1. The van der Waals surface area contributed by atoms with Gasteiger partial charge in [0, 0.05) is 31.2 Å². The minimum atomic E-state index is -0.881. The third kappa shape index (κ3) is 4.46. The first-order valence-electron chi connectivity index (χ1n) is 5.87. The fourth-order valence-corrected chi connectivity index (χ4v) is 2.13. The number of nitrogens with zero attached hydrogens (tertiary/aromatic N) is 2. The van der Waals surface area contributed by atoms with Gasteiger partial charge in [0.05, 0.1) is 6.10 Å². The molecular weight excluding hydrogens is 220 g/mol. The van der Waals surface area contributed by atoms with Gasteiger partial charge in [-0.1, -0.05) is 6.08 Å². The van der Waals surface area contributed by atoms with Crippen molar-refractivity contribution in [3.63, 3.8) is 0 Å². The Bertz CT molecular complexity index is 302. The van der Waals surface area contributed by atoms with E-state index in [9.17, 15) is 9.90 Å². The number of aliphatic hydroxyl groups is 1. The Morgan fingerprint density at radius 1 is 1.53 bits per heavy atom. The van der Waals surface area contributed by atoms with Crippen LogP contribution in [0.2, 0.25) is 0 Å². The van der Waals surface area contributed by atoms with Crippen molar-refractivity contribution in [3.8, 4) is 0 Å². The first kappa shape index (κ1) is 14.2. The van der Waals surface area contributed by atoms with Crippen molar-refractivity contribution in [2.45, 2.75) is 25.5 Å². The Hall–Kier alpha value is -0.910.